The minimum Gasteiger partial charge on any atom is -0.497 e. The third-order valence-corrected chi connectivity index (χ3v) is 5.10. The van der Waals surface area contributed by atoms with E-state index in [1.54, 1.807) is 13.3 Å². The lowest BCUT2D eigenvalue weighted by atomic mass is 10.0. The highest BCUT2D eigenvalue weighted by Gasteiger charge is 2.25. The molecule has 0 amide bonds. The van der Waals surface area contributed by atoms with Crippen molar-refractivity contribution >= 4 is 18.4 Å². The molecular weight excluding hydrogens is 382 g/mol. The molecule has 1 aromatic carbocycles. The monoisotopic (exact) mass is 409 g/mol. The number of hydrogen-bond acceptors (Lipinski definition) is 6. The number of rotatable bonds is 8. The topological polar surface area (TPSA) is 79.0 Å². The number of nitrogens with zero attached hydrogens (tertiary/aromatic N) is 3. The minimum atomic E-state index is -0.759. The molecule has 1 aliphatic rings. The molecule has 1 aliphatic heterocycles. The van der Waals surface area contributed by atoms with E-state index >= 15 is 0 Å². The Hall–Kier alpha value is -2.09. The average Bonchev–Trinajstić information content (AvgIpc) is 3.15. The van der Waals surface area contributed by atoms with E-state index < -0.39 is 5.97 Å². The molecule has 2 aromatic rings. The summed E-state index contributed by atoms with van der Waals surface area (Å²) in [5.74, 6) is 1.51. The minimum absolute atomic E-state index is 0. The first-order chi connectivity index (χ1) is 13.1. The quantitative estimate of drug-likeness (QED) is 0.717. The Morgan fingerprint density at radius 2 is 2.00 bits per heavy atom. The molecular formula is C20H28ClN3O4. The van der Waals surface area contributed by atoms with Crippen LogP contribution in [-0.4, -0.2) is 65.2 Å². The van der Waals surface area contributed by atoms with Gasteiger partial charge in [-0.15, -0.1) is 12.4 Å². The average molecular weight is 410 g/mol. The normalized spacial score (nSPS) is 15.4. The lowest BCUT2D eigenvalue weighted by molar-refractivity contribution is -0.139. The molecule has 1 saturated heterocycles. The van der Waals surface area contributed by atoms with Crippen molar-refractivity contribution in [2.45, 2.75) is 32.4 Å². The Morgan fingerprint density at radius 3 is 2.57 bits per heavy atom. The van der Waals surface area contributed by atoms with Crippen molar-refractivity contribution in [3.8, 4) is 17.1 Å². The van der Waals surface area contributed by atoms with Crippen LogP contribution >= 0.6 is 12.4 Å². The molecule has 0 unspecified atom stereocenters. The van der Waals surface area contributed by atoms with E-state index in [0.717, 1.165) is 49.5 Å². The summed E-state index contributed by atoms with van der Waals surface area (Å²) in [5.41, 5.74) is 0.973. The number of likely N-dealkylation sites (tertiary alicyclic amines) is 1. The molecule has 0 aliphatic carbocycles. The van der Waals surface area contributed by atoms with Crippen molar-refractivity contribution in [2.24, 2.45) is 0 Å². The van der Waals surface area contributed by atoms with Crippen molar-refractivity contribution in [3.63, 3.8) is 0 Å². The fraction of sp³-hybridized carbons (Fsp3) is 0.500. The number of carboxylic acid groups (broad SMARTS) is 1. The number of carbonyl (C=O) groups is 1. The first-order valence-electron chi connectivity index (χ1n) is 9.36. The number of aliphatic carboxylic acids is 1. The predicted octanol–water partition coefficient (Wildman–Crippen LogP) is 3.14. The zero-order valence-corrected chi connectivity index (χ0v) is 17.2. The summed E-state index contributed by atoms with van der Waals surface area (Å²) >= 11 is 0. The Labute approximate surface area is 171 Å². The molecule has 0 bridgehead atoms. The lowest BCUT2D eigenvalue weighted by Gasteiger charge is -2.36. The second-order valence-electron chi connectivity index (χ2n) is 6.81. The molecule has 1 N–H and O–H groups in total. The number of hydrogen-bond donors (Lipinski definition) is 1. The smallest absolute Gasteiger partial charge is 0.317 e. The van der Waals surface area contributed by atoms with Crippen LogP contribution in [0, 0.1) is 0 Å². The fourth-order valence-electron chi connectivity index (χ4n) is 3.58. The molecule has 1 fully saturated rings. The summed E-state index contributed by atoms with van der Waals surface area (Å²) < 4.78 is 11.1. The molecule has 0 spiro atoms. The number of carboxylic acids is 1. The highest BCUT2D eigenvalue weighted by Crippen LogP contribution is 2.24. The highest BCUT2D eigenvalue weighted by atomic mass is 35.5. The Balaban J connectivity index is 0.00000280. The largest absolute Gasteiger partial charge is 0.497 e. The maximum Gasteiger partial charge on any atom is 0.317 e. The Morgan fingerprint density at radius 1 is 1.32 bits per heavy atom. The summed E-state index contributed by atoms with van der Waals surface area (Å²) in [5, 5.41) is 9.04. The van der Waals surface area contributed by atoms with Gasteiger partial charge in [-0.25, -0.2) is 4.98 Å². The van der Waals surface area contributed by atoms with Gasteiger partial charge in [0.15, 0.2) is 5.76 Å². The van der Waals surface area contributed by atoms with Crippen LogP contribution < -0.4 is 4.74 Å². The summed E-state index contributed by atoms with van der Waals surface area (Å²) in [7, 11) is 1.64. The third-order valence-electron chi connectivity index (χ3n) is 5.10. The van der Waals surface area contributed by atoms with Gasteiger partial charge in [-0.2, -0.15) is 0 Å². The van der Waals surface area contributed by atoms with Crippen molar-refractivity contribution in [3.05, 3.63) is 36.4 Å². The molecule has 1 aromatic heterocycles. The van der Waals surface area contributed by atoms with Crippen LogP contribution in [-0.2, 0) is 11.3 Å². The molecule has 0 saturated carbocycles. The SMILES string of the molecule is CCN(CC(=O)O)C1CCN(Cc2ncc(-c3ccc(OC)cc3)o2)CC1.Cl. The molecule has 28 heavy (non-hydrogen) atoms. The standard InChI is InChI=1S/C20H27N3O4.ClH/c1-3-23(14-20(24)25)16-8-10-22(11-9-16)13-19-21-12-18(27-19)15-4-6-17(26-2)7-5-15;/h4-7,12,16H,3,8-11,13-14H2,1-2H3,(H,24,25);1H. The Kier molecular flexibility index (Phi) is 8.29. The maximum atomic E-state index is 11.0. The van der Waals surface area contributed by atoms with E-state index in [2.05, 4.69) is 9.88 Å². The predicted molar refractivity (Wildman–Crippen MR) is 109 cm³/mol. The zero-order chi connectivity index (χ0) is 19.2. The number of piperidine rings is 1. The molecule has 8 heteroatoms. The van der Waals surface area contributed by atoms with Crippen LogP contribution in [0.1, 0.15) is 25.7 Å². The van der Waals surface area contributed by atoms with Gasteiger partial charge in [-0.05, 0) is 43.7 Å². The summed E-state index contributed by atoms with van der Waals surface area (Å²) in [6.45, 7) is 5.41. The van der Waals surface area contributed by atoms with Crippen molar-refractivity contribution in [1.29, 1.82) is 0 Å². The van der Waals surface area contributed by atoms with Gasteiger partial charge in [-0.3, -0.25) is 14.6 Å². The summed E-state index contributed by atoms with van der Waals surface area (Å²) in [4.78, 5) is 19.8. The molecule has 3 rings (SSSR count). The molecule has 7 nitrogen and oxygen atoms in total. The van der Waals surface area contributed by atoms with E-state index in [1.807, 2.05) is 36.1 Å². The van der Waals surface area contributed by atoms with E-state index in [1.165, 1.54) is 0 Å². The number of halogens is 1. The van der Waals surface area contributed by atoms with Crippen LogP contribution in [0.4, 0.5) is 0 Å². The zero-order valence-electron chi connectivity index (χ0n) is 16.3. The van der Waals surface area contributed by atoms with E-state index in [-0.39, 0.29) is 19.0 Å². The maximum absolute atomic E-state index is 11.0. The molecule has 0 radical (unpaired) electrons. The van der Waals surface area contributed by atoms with Crippen molar-refractivity contribution in [1.82, 2.24) is 14.8 Å². The second-order valence-corrected chi connectivity index (χ2v) is 6.81. The summed E-state index contributed by atoms with van der Waals surface area (Å²) in [6.07, 6.45) is 3.69. The molecule has 0 atom stereocenters. The number of aromatic nitrogens is 1. The molecule has 2 heterocycles. The first kappa shape index (κ1) is 22.2. The van der Waals surface area contributed by atoms with Crippen LogP contribution in [0.25, 0.3) is 11.3 Å². The van der Waals surface area contributed by atoms with Crippen LogP contribution in [0.2, 0.25) is 0 Å². The number of benzene rings is 1. The third kappa shape index (κ3) is 5.70. The van der Waals surface area contributed by atoms with Gasteiger partial charge in [0.2, 0.25) is 5.89 Å². The van der Waals surface area contributed by atoms with Gasteiger partial charge in [0.25, 0.3) is 0 Å². The van der Waals surface area contributed by atoms with Gasteiger partial charge in [0.1, 0.15) is 5.75 Å². The fourth-order valence-corrected chi connectivity index (χ4v) is 3.58. The highest BCUT2D eigenvalue weighted by molar-refractivity contribution is 5.85. The number of ether oxygens (including phenoxy) is 1. The Bertz CT molecular complexity index is 742. The van der Waals surface area contributed by atoms with Crippen LogP contribution in [0.5, 0.6) is 5.75 Å². The van der Waals surface area contributed by atoms with E-state index in [9.17, 15) is 4.79 Å². The van der Waals surface area contributed by atoms with Crippen LogP contribution in [0.3, 0.4) is 0 Å². The number of oxazole rings is 1. The van der Waals surface area contributed by atoms with E-state index in [0.29, 0.717) is 18.5 Å². The lowest BCUT2D eigenvalue weighted by Crippen LogP contribution is -2.46. The van der Waals surface area contributed by atoms with Crippen LogP contribution in [0.15, 0.2) is 34.9 Å². The van der Waals surface area contributed by atoms with Gasteiger partial charge >= 0.3 is 5.97 Å². The van der Waals surface area contributed by atoms with Gasteiger partial charge in [0, 0.05) is 24.7 Å². The molecule has 154 valence electrons. The number of likely N-dealkylation sites (N-methyl/N-ethyl adjacent to an activating group) is 1. The second kappa shape index (κ2) is 10.5. The van der Waals surface area contributed by atoms with Gasteiger partial charge in [-0.1, -0.05) is 6.92 Å². The van der Waals surface area contributed by atoms with Gasteiger partial charge < -0.3 is 14.3 Å². The first-order valence-corrected chi connectivity index (χ1v) is 9.36. The van der Waals surface area contributed by atoms with Crippen molar-refractivity contribution in [2.75, 3.05) is 33.3 Å². The number of methoxy groups -OCH3 is 1. The van der Waals surface area contributed by atoms with Crippen molar-refractivity contribution < 1.29 is 19.1 Å². The van der Waals surface area contributed by atoms with E-state index in [4.69, 9.17) is 14.3 Å². The van der Waals surface area contributed by atoms with Gasteiger partial charge in [0.05, 0.1) is 26.4 Å². The summed E-state index contributed by atoms with van der Waals surface area (Å²) in [6, 6.07) is 8.05.